The molecule has 1 N–H and O–H groups in total. The van der Waals surface area contributed by atoms with E-state index in [0.29, 0.717) is 23.8 Å². The number of hydrogen-bond donors (Lipinski definition) is 1. The van der Waals surface area contributed by atoms with Gasteiger partial charge in [-0.05, 0) is 37.5 Å². The summed E-state index contributed by atoms with van der Waals surface area (Å²) in [6, 6.07) is 5.19. The Balaban J connectivity index is 2.06. The Morgan fingerprint density at radius 3 is 2.61 bits per heavy atom. The van der Waals surface area contributed by atoms with E-state index >= 15 is 0 Å². The van der Waals surface area contributed by atoms with Gasteiger partial charge in [0.1, 0.15) is 0 Å². The van der Waals surface area contributed by atoms with E-state index in [1.165, 1.54) is 0 Å². The minimum atomic E-state index is -0.595. The highest BCUT2D eigenvalue weighted by molar-refractivity contribution is 6.39. The number of anilines is 1. The van der Waals surface area contributed by atoms with Crippen LogP contribution >= 0.6 is 11.6 Å². The smallest absolute Gasteiger partial charge is 0.313 e. The van der Waals surface area contributed by atoms with Crippen LogP contribution in [0, 0.1) is 6.92 Å². The number of carbonyl (C=O) groups is 2. The second kappa shape index (κ2) is 5.40. The summed E-state index contributed by atoms with van der Waals surface area (Å²) < 4.78 is 0. The quantitative estimate of drug-likeness (QED) is 0.793. The van der Waals surface area contributed by atoms with Crippen LogP contribution in [0.1, 0.15) is 18.4 Å². The van der Waals surface area contributed by atoms with Gasteiger partial charge in [-0.2, -0.15) is 0 Å². The Kier molecular flexibility index (Phi) is 3.87. The Bertz CT molecular complexity index is 482. The average molecular weight is 267 g/mol. The van der Waals surface area contributed by atoms with Gasteiger partial charge in [0, 0.05) is 23.8 Å². The molecule has 5 heteroatoms. The van der Waals surface area contributed by atoms with Gasteiger partial charge in [-0.25, -0.2) is 0 Å². The van der Waals surface area contributed by atoms with Crippen LogP contribution in [0.2, 0.25) is 5.02 Å². The number of benzene rings is 1. The summed E-state index contributed by atoms with van der Waals surface area (Å²) in [5, 5.41) is 3.15. The molecule has 1 aliphatic heterocycles. The first-order valence-electron chi connectivity index (χ1n) is 5.94. The lowest BCUT2D eigenvalue weighted by Crippen LogP contribution is -2.37. The van der Waals surface area contributed by atoms with Crippen LogP contribution in [0.5, 0.6) is 0 Å². The maximum atomic E-state index is 11.8. The lowest BCUT2D eigenvalue weighted by Gasteiger charge is -2.15. The van der Waals surface area contributed by atoms with Crippen molar-refractivity contribution in [3.8, 4) is 0 Å². The number of hydrogen-bond acceptors (Lipinski definition) is 2. The van der Waals surface area contributed by atoms with Gasteiger partial charge in [0.15, 0.2) is 0 Å². The SMILES string of the molecule is Cc1ccc(Cl)cc1NC(=O)C(=O)N1CCCC1. The molecular weight excluding hydrogens is 252 g/mol. The molecule has 0 saturated carbocycles. The minimum Gasteiger partial charge on any atom is -0.334 e. The largest absolute Gasteiger partial charge is 0.334 e. The average Bonchev–Trinajstić information content (AvgIpc) is 2.86. The zero-order valence-electron chi connectivity index (χ0n) is 10.2. The number of halogens is 1. The Morgan fingerprint density at radius 2 is 1.94 bits per heavy atom. The van der Waals surface area contributed by atoms with Crippen molar-refractivity contribution < 1.29 is 9.59 Å². The third kappa shape index (κ3) is 2.82. The van der Waals surface area contributed by atoms with Gasteiger partial charge in [-0.1, -0.05) is 17.7 Å². The monoisotopic (exact) mass is 266 g/mol. The van der Waals surface area contributed by atoms with E-state index in [1.807, 2.05) is 6.92 Å². The van der Waals surface area contributed by atoms with Crippen molar-refractivity contribution in [2.45, 2.75) is 19.8 Å². The van der Waals surface area contributed by atoms with E-state index in [0.717, 1.165) is 18.4 Å². The highest BCUT2D eigenvalue weighted by Gasteiger charge is 2.24. The van der Waals surface area contributed by atoms with Crippen molar-refractivity contribution in [2.24, 2.45) is 0 Å². The second-order valence-corrected chi connectivity index (χ2v) is 4.85. The molecule has 0 unspecified atom stereocenters. The van der Waals surface area contributed by atoms with Crippen LogP contribution in [0.3, 0.4) is 0 Å². The van der Waals surface area contributed by atoms with Gasteiger partial charge in [-0.15, -0.1) is 0 Å². The highest BCUT2D eigenvalue weighted by Crippen LogP contribution is 2.20. The van der Waals surface area contributed by atoms with Crippen molar-refractivity contribution in [1.82, 2.24) is 4.90 Å². The van der Waals surface area contributed by atoms with Gasteiger partial charge < -0.3 is 10.2 Å². The topological polar surface area (TPSA) is 49.4 Å². The molecule has 0 spiro atoms. The third-order valence-electron chi connectivity index (χ3n) is 3.04. The lowest BCUT2D eigenvalue weighted by molar-refractivity contribution is -0.142. The summed E-state index contributed by atoms with van der Waals surface area (Å²) in [5.74, 6) is -1.06. The normalized spacial score (nSPS) is 14.7. The van der Waals surface area contributed by atoms with Crippen molar-refractivity contribution in [3.63, 3.8) is 0 Å². The second-order valence-electron chi connectivity index (χ2n) is 4.41. The fourth-order valence-corrected chi connectivity index (χ4v) is 2.14. The molecule has 1 aromatic carbocycles. The molecule has 0 radical (unpaired) electrons. The lowest BCUT2D eigenvalue weighted by atomic mass is 10.2. The summed E-state index contributed by atoms with van der Waals surface area (Å²) >= 11 is 5.86. The summed E-state index contributed by atoms with van der Waals surface area (Å²) in [5.41, 5.74) is 1.46. The van der Waals surface area contributed by atoms with Gasteiger partial charge >= 0.3 is 11.8 Å². The molecule has 1 heterocycles. The molecule has 1 fully saturated rings. The zero-order chi connectivity index (χ0) is 13.1. The maximum absolute atomic E-state index is 11.8. The highest BCUT2D eigenvalue weighted by atomic mass is 35.5. The van der Waals surface area contributed by atoms with Gasteiger partial charge in [0.2, 0.25) is 0 Å². The number of nitrogens with one attached hydrogen (secondary N) is 1. The molecule has 18 heavy (non-hydrogen) atoms. The predicted octanol–water partition coefficient (Wildman–Crippen LogP) is 2.21. The van der Waals surface area contributed by atoms with E-state index in [4.69, 9.17) is 11.6 Å². The van der Waals surface area contributed by atoms with Crippen molar-refractivity contribution in [3.05, 3.63) is 28.8 Å². The molecule has 1 aromatic rings. The van der Waals surface area contributed by atoms with Gasteiger partial charge in [-0.3, -0.25) is 9.59 Å². The number of rotatable bonds is 1. The van der Waals surface area contributed by atoms with E-state index in [-0.39, 0.29) is 0 Å². The fourth-order valence-electron chi connectivity index (χ4n) is 1.97. The van der Waals surface area contributed by atoms with Gasteiger partial charge in [0.25, 0.3) is 0 Å². The first kappa shape index (κ1) is 12.9. The molecule has 0 aliphatic carbocycles. The van der Waals surface area contributed by atoms with Crippen LogP contribution in [0.15, 0.2) is 18.2 Å². The number of amides is 2. The van der Waals surface area contributed by atoms with Crippen molar-refractivity contribution >= 4 is 29.1 Å². The Morgan fingerprint density at radius 1 is 1.28 bits per heavy atom. The minimum absolute atomic E-state index is 0.466. The number of likely N-dealkylation sites (tertiary alicyclic amines) is 1. The summed E-state index contributed by atoms with van der Waals surface area (Å²) in [6.45, 7) is 3.19. The molecule has 0 bridgehead atoms. The molecule has 1 aliphatic rings. The van der Waals surface area contributed by atoms with E-state index < -0.39 is 11.8 Å². The fraction of sp³-hybridized carbons (Fsp3) is 0.385. The predicted molar refractivity (Wildman–Crippen MR) is 70.6 cm³/mol. The Labute approximate surface area is 111 Å². The molecular formula is C13H15ClN2O2. The third-order valence-corrected chi connectivity index (χ3v) is 3.27. The summed E-state index contributed by atoms with van der Waals surface area (Å²) in [4.78, 5) is 25.2. The van der Waals surface area contributed by atoms with Crippen LogP contribution < -0.4 is 5.32 Å². The van der Waals surface area contributed by atoms with Crippen molar-refractivity contribution in [2.75, 3.05) is 18.4 Å². The zero-order valence-corrected chi connectivity index (χ0v) is 11.0. The number of aryl methyl sites for hydroxylation is 1. The van der Waals surface area contributed by atoms with Gasteiger partial charge in [0.05, 0.1) is 0 Å². The molecule has 96 valence electrons. The van der Waals surface area contributed by atoms with Crippen molar-refractivity contribution in [1.29, 1.82) is 0 Å². The molecule has 2 rings (SSSR count). The maximum Gasteiger partial charge on any atom is 0.313 e. The molecule has 2 amide bonds. The number of carbonyl (C=O) groups excluding carboxylic acids is 2. The molecule has 4 nitrogen and oxygen atoms in total. The van der Waals surface area contributed by atoms with Crippen LogP contribution in [0.4, 0.5) is 5.69 Å². The first-order valence-corrected chi connectivity index (χ1v) is 6.32. The van der Waals surface area contributed by atoms with Crippen LogP contribution in [-0.2, 0) is 9.59 Å². The summed E-state index contributed by atoms with van der Waals surface area (Å²) in [7, 11) is 0. The standard InChI is InChI=1S/C13H15ClN2O2/c1-9-4-5-10(14)8-11(9)15-12(17)13(18)16-6-2-3-7-16/h4-5,8H,2-3,6-7H2,1H3,(H,15,17). The summed E-state index contributed by atoms with van der Waals surface area (Å²) in [6.07, 6.45) is 1.93. The van der Waals surface area contributed by atoms with E-state index in [9.17, 15) is 9.59 Å². The first-order chi connectivity index (χ1) is 8.58. The van der Waals surface area contributed by atoms with Crippen LogP contribution in [-0.4, -0.2) is 29.8 Å². The molecule has 0 atom stereocenters. The molecule has 1 saturated heterocycles. The number of nitrogens with zero attached hydrogens (tertiary/aromatic N) is 1. The van der Waals surface area contributed by atoms with Crippen LogP contribution in [0.25, 0.3) is 0 Å². The molecule has 0 aromatic heterocycles. The van der Waals surface area contributed by atoms with E-state index in [2.05, 4.69) is 5.32 Å². The Hall–Kier alpha value is -1.55. The van der Waals surface area contributed by atoms with E-state index in [1.54, 1.807) is 23.1 Å².